The summed E-state index contributed by atoms with van der Waals surface area (Å²) in [5, 5.41) is 7.23. The van der Waals surface area contributed by atoms with Crippen molar-refractivity contribution in [3.8, 4) is 22.4 Å². The van der Waals surface area contributed by atoms with Gasteiger partial charge >= 0.3 is 0 Å². The third-order valence-electron chi connectivity index (χ3n) is 3.30. The molecule has 0 atom stereocenters. The van der Waals surface area contributed by atoms with E-state index < -0.39 is 0 Å². The number of nitrogens with two attached hydrogens (primary N) is 1. The zero-order valence-corrected chi connectivity index (χ0v) is 14.5. The first-order chi connectivity index (χ1) is 10.1. The lowest BCUT2D eigenvalue weighted by molar-refractivity contribution is 1.10. The number of H-pyrrole nitrogens is 1. The van der Waals surface area contributed by atoms with Gasteiger partial charge < -0.3 is 5.73 Å². The van der Waals surface area contributed by atoms with Crippen molar-refractivity contribution in [2.45, 2.75) is 6.92 Å². The summed E-state index contributed by atoms with van der Waals surface area (Å²) in [6.07, 6.45) is 0. The highest BCUT2D eigenvalue weighted by Crippen LogP contribution is 2.38. The maximum atomic E-state index is 6.07. The van der Waals surface area contributed by atoms with Crippen LogP contribution < -0.4 is 5.73 Å². The molecule has 0 aliphatic heterocycles. The molecule has 0 fully saturated rings. The predicted octanol–water partition coefficient (Wildman–Crippen LogP) is 5.16. The molecule has 1 heterocycles. The second-order valence-electron chi connectivity index (χ2n) is 4.85. The Hall–Kier alpha value is -1.59. The van der Waals surface area contributed by atoms with E-state index in [-0.39, 0.29) is 0 Å². The summed E-state index contributed by atoms with van der Waals surface area (Å²) in [5.74, 6) is 0.505. The van der Waals surface area contributed by atoms with Gasteiger partial charge in [-0.1, -0.05) is 67.8 Å². The molecule has 5 heteroatoms. The van der Waals surface area contributed by atoms with Crippen LogP contribution in [0.2, 0.25) is 0 Å². The molecule has 0 aliphatic carbocycles. The van der Waals surface area contributed by atoms with Gasteiger partial charge in [0.05, 0.1) is 11.3 Å². The molecule has 0 amide bonds. The van der Waals surface area contributed by atoms with E-state index >= 15 is 0 Å². The molecule has 0 aliphatic rings. The number of aromatic nitrogens is 2. The number of nitrogen functional groups attached to an aromatic ring is 1. The summed E-state index contributed by atoms with van der Waals surface area (Å²) in [6, 6.07) is 14.3. The summed E-state index contributed by atoms with van der Waals surface area (Å²) in [7, 11) is 0. The van der Waals surface area contributed by atoms with E-state index in [1.54, 1.807) is 0 Å². The first kappa shape index (κ1) is 14.4. The largest absolute Gasteiger partial charge is 0.382 e. The quantitative estimate of drug-likeness (QED) is 0.617. The van der Waals surface area contributed by atoms with Gasteiger partial charge in [0, 0.05) is 14.5 Å². The summed E-state index contributed by atoms with van der Waals surface area (Å²) in [4.78, 5) is 0. The SMILES string of the molecule is Cc1cccc(-c2c(N)n[nH]c2-c2ccc(Br)cc2Br)c1. The van der Waals surface area contributed by atoms with Crippen molar-refractivity contribution in [1.29, 1.82) is 0 Å². The Morgan fingerprint density at radius 1 is 1.10 bits per heavy atom. The normalized spacial score (nSPS) is 10.8. The lowest BCUT2D eigenvalue weighted by Gasteiger charge is -2.08. The lowest BCUT2D eigenvalue weighted by atomic mass is 9.99. The molecule has 3 aromatic rings. The zero-order valence-electron chi connectivity index (χ0n) is 11.3. The molecule has 0 bridgehead atoms. The average Bonchev–Trinajstić information content (AvgIpc) is 2.80. The van der Waals surface area contributed by atoms with E-state index in [0.29, 0.717) is 5.82 Å². The Labute approximate surface area is 139 Å². The van der Waals surface area contributed by atoms with Gasteiger partial charge in [0.2, 0.25) is 0 Å². The van der Waals surface area contributed by atoms with E-state index in [1.807, 2.05) is 30.3 Å². The molecule has 2 aromatic carbocycles. The molecular weight excluding hydrogens is 394 g/mol. The van der Waals surface area contributed by atoms with Crippen LogP contribution in [-0.4, -0.2) is 10.2 Å². The Kier molecular flexibility index (Phi) is 3.87. The first-order valence-corrected chi connectivity index (χ1v) is 8.01. The first-order valence-electron chi connectivity index (χ1n) is 6.42. The second-order valence-corrected chi connectivity index (χ2v) is 6.62. The number of rotatable bonds is 2. The van der Waals surface area contributed by atoms with E-state index in [4.69, 9.17) is 5.73 Å². The molecule has 0 unspecified atom stereocenters. The summed E-state index contributed by atoms with van der Waals surface area (Å²) in [6.45, 7) is 2.06. The molecular formula is C16H13Br2N3. The van der Waals surface area contributed by atoms with Crippen molar-refractivity contribution in [3.05, 3.63) is 57.0 Å². The van der Waals surface area contributed by atoms with Crippen LogP contribution in [0.5, 0.6) is 0 Å². The van der Waals surface area contributed by atoms with Crippen LogP contribution in [0.25, 0.3) is 22.4 Å². The fourth-order valence-electron chi connectivity index (χ4n) is 2.34. The standard InChI is InChI=1S/C16H13Br2N3/c1-9-3-2-4-10(7-9)14-15(20-21-16(14)19)12-6-5-11(17)8-13(12)18/h2-8H,1H3,(H3,19,20,21). The van der Waals surface area contributed by atoms with Gasteiger partial charge in [0.25, 0.3) is 0 Å². The molecule has 0 saturated heterocycles. The number of hydrogen-bond acceptors (Lipinski definition) is 2. The maximum absolute atomic E-state index is 6.07. The maximum Gasteiger partial charge on any atom is 0.153 e. The smallest absolute Gasteiger partial charge is 0.153 e. The van der Waals surface area contributed by atoms with Crippen LogP contribution in [-0.2, 0) is 0 Å². The number of anilines is 1. The predicted molar refractivity (Wildman–Crippen MR) is 94.0 cm³/mol. The van der Waals surface area contributed by atoms with E-state index in [1.165, 1.54) is 5.56 Å². The van der Waals surface area contributed by atoms with Crippen molar-refractivity contribution in [2.24, 2.45) is 0 Å². The molecule has 0 saturated carbocycles. The number of aromatic amines is 1. The van der Waals surface area contributed by atoms with E-state index in [0.717, 1.165) is 31.3 Å². The number of aryl methyl sites for hydroxylation is 1. The van der Waals surface area contributed by atoms with Gasteiger partial charge in [-0.3, -0.25) is 5.10 Å². The van der Waals surface area contributed by atoms with Gasteiger partial charge in [0.15, 0.2) is 5.82 Å². The molecule has 3 N–H and O–H groups in total. The number of nitrogens with one attached hydrogen (secondary N) is 1. The van der Waals surface area contributed by atoms with E-state index in [9.17, 15) is 0 Å². The highest BCUT2D eigenvalue weighted by Gasteiger charge is 2.16. The summed E-state index contributed by atoms with van der Waals surface area (Å²) < 4.78 is 2.00. The zero-order chi connectivity index (χ0) is 15.0. The van der Waals surface area contributed by atoms with Crippen LogP contribution in [0, 0.1) is 6.92 Å². The highest BCUT2D eigenvalue weighted by molar-refractivity contribution is 9.11. The van der Waals surface area contributed by atoms with Crippen LogP contribution in [0.1, 0.15) is 5.56 Å². The van der Waals surface area contributed by atoms with E-state index in [2.05, 4.69) is 61.1 Å². The van der Waals surface area contributed by atoms with Crippen LogP contribution in [0.15, 0.2) is 51.4 Å². The molecule has 3 rings (SSSR count). The van der Waals surface area contributed by atoms with Gasteiger partial charge in [-0.2, -0.15) is 5.10 Å². The number of halogens is 2. The van der Waals surface area contributed by atoms with Gasteiger partial charge in [-0.25, -0.2) is 0 Å². The Morgan fingerprint density at radius 3 is 2.62 bits per heavy atom. The van der Waals surface area contributed by atoms with Crippen molar-refractivity contribution in [2.75, 3.05) is 5.73 Å². The van der Waals surface area contributed by atoms with Crippen molar-refractivity contribution in [3.63, 3.8) is 0 Å². The van der Waals surface area contributed by atoms with Crippen molar-refractivity contribution in [1.82, 2.24) is 10.2 Å². The third-order valence-corrected chi connectivity index (χ3v) is 4.45. The summed E-state index contributed by atoms with van der Waals surface area (Å²) >= 11 is 7.06. The number of hydrogen-bond donors (Lipinski definition) is 2. The molecule has 1 aromatic heterocycles. The molecule has 3 nitrogen and oxygen atoms in total. The molecule has 0 radical (unpaired) electrons. The summed E-state index contributed by atoms with van der Waals surface area (Å²) in [5.41, 5.74) is 11.2. The van der Waals surface area contributed by atoms with Crippen LogP contribution in [0.4, 0.5) is 5.82 Å². The van der Waals surface area contributed by atoms with Gasteiger partial charge in [-0.05, 0) is 24.6 Å². The molecule has 21 heavy (non-hydrogen) atoms. The average molecular weight is 407 g/mol. The van der Waals surface area contributed by atoms with Crippen molar-refractivity contribution >= 4 is 37.7 Å². The fraction of sp³-hybridized carbons (Fsp3) is 0.0625. The highest BCUT2D eigenvalue weighted by atomic mass is 79.9. The monoisotopic (exact) mass is 405 g/mol. The number of nitrogens with zero attached hydrogens (tertiary/aromatic N) is 1. The Balaban J connectivity index is 2.22. The minimum Gasteiger partial charge on any atom is -0.382 e. The van der Waals surface area contributed by atoms with Crippen LogP contribution in [0.3, 0.4) is 0 Å². The molecule has 106 valence electrons. The van der Waals surface area contributed by atoms with Crippen molar-refractivity contribution < 1.29 is 0 Å². The minimum absolute atomic E-state index is 0.505. The third kappa shape index (κ3) is 2.76. The second kappa shape index (κ2) is 5.66. The fourth-order valence-corrected chi connectivity index (χ4v) is 3.58. The van der Waals surface area contributed by atoms with Crippen LogP contribution >= 0.6 is 31.9 Å². The Bertz CT molecular complexity index is 809. The Morgan fingerprint density at radius 2 is 1.90 bits per heavy atom. The lowest BCUT2D eigenvalue weighted by Crippen LogP contribution is -1.89. The topological polar surface area (TPSA) is 54.7 Å². The minimum atomic E-state index is 0.505. The van der Waals surface area contributed by atoms with Gasteiger partial charge in [0.1, 0.15) is 0 Å². The van der Waals surface area contributed by atoms with Gasteiger partial charge in [-0.15, -0.1) is 0 Å². The number of benzene rings is 2. The molecule has 0 spiro atoms.